The maximum atomic E-state index is 14.5. The Hall–Kier alpha value is -2.79. The van der Waals surface area contributed by atoms with Gasteiger partial charge in [0.25, 0.3) is 0 Å². The molecule has 4 heterocycles. The first-order chi connectivity index (χ1) is 12.6. The molecule has 26 heavy (non-hydrogen) atoms. The Balaban J connectivity index is 1.71. The van der Waals surface area contributed by atoms with Gasteiger partial charge in [0.1, 0.15) is 16.6 Å². The van der Waals surface area contributed by atoms with E-state index in [2.05, 4.69) is 26.0 Å². The van der Waals surface area contributed by atoms with Crippen molar-refractivity contribution in [3.05, 3.63) is 88.0 Å². The van der Waals surface area contributed by atoms with Crippen LogP contribution in [-0.2, 0) is 12.8 Å². The lowest BCUT2D eigenvalue weighted by Crippen LogP contribution is -2.02. The number of aromatic amines is 1. The molecule has 4 aromatic rings. The van der Waals surface area contributed by atoms with Crippen molar-refractivity contribution in [1.29, 1.82) is 0 Å². The van der Waals surface area contributed by atoms with Crippen LogP contribution in [0.2, 0.25) is 5.15 Å². The van der Waals surface area contributed by atoms with E-state index in [9.17, 15) is 4.39 Å². The molecule has 6 heteroatoms. The highest BCUT2D eigenvalue weighted by atomic mass is 35.5. The summed E-state index contributed by atoms with van der Waals surface area (Å²) in [6, 6.07) is 5.66. The lowest BCUT2D eigenvalue weighted by Gasteiger charge is -2.10. The molecule has 1 N–H and O–H groups in total. The summed E-state index contributed by atoms with van der Waals surface area (Å²) in [6.07, 6.45) is 9.42. The first-order valence-corrected chi connectivity index (χ1v) is 8.62. The molecule has 0 aromatic carbocycles. The summed E-state index contributed by atoms with van der Waals surface area (Å²) < 4.78 is 14.5. The van der Waals surface area contributed by atoms with Crippen molar-refractivity contribution in [2.45, 2.75) is 19.8 Å². The molecule has 0 unspecified atom stereocenters. The Labute approximate surface area is 155 Å². The van der Waals surface area contributed by atoms with E-state index in [1.54, 1.807) is 18.5 Å². The summed E-state index contributed by atoms with van der Waals surface area (Å²) in [5, 5.41) is 1.47. The average molecular weight is 367 g/mol. The number of hydrogen-bond donors (Lipinski definition) is 1. The number of hydrogen-bond acceptors (Lipinski definition) is 3. The third-order valence-corrected chi connectivity index (χ3v) is 4.62. The first kappa shape index (κ1) is 16.7. The number of rotatable bonds is 4. The average Bonchev–Trinajstić information content (AvgIpc) is 3.02. The normalized spacial score (nSPS) is 11.2. The van der Waals surface area contributed by atoms with Crippen LogP contribution in [0.3, 0.4) is 0 Å². The largest absolute Gasteiger partial charge is 0.346 e. The molecule has 0 spiro atoms. The highest BCUT2D eigenvalue weighted by molar-refractivity contribution is 6.29. The molecule has 130 valence electrons. The number of nitrogens with zero attached hydrogens (tertiary/aromatic N) is 3. The van der Waals surface area contributed by atoms with Gasteiger partial charge in [-0.05, 0) is 46.9 Å². The van der Waals surface area contributed by atoms with Crippen LogP contribution in [0, 0.1) is 12.7 Å². The number of H-pyrrole nitrogens is 1. The Bertz CT molecular complexity index is 1070. The number of aromatic nitrogens is 4. The van der Waals surface area contributed by atoms with Crippen LogP contribution in [0.15, 0.2) is 49.2 Å². The SMILES string of the molecule is Cc1cnc2[nH]cc(Cc3cncc(F)c3Cc3ccc(Cl)nc3)c2c1. The van der Waals surface area contributed by atoms with Gasteiger partial charge < -0.3 is 4.98 Å². The maximum Gasteiger partial charge on any atom is 0.145 e. The highest BCUT2D eigenvalue weighted by Gasteiger charge is 2.13. The summed E-state index contributed by atoms with van der Waals surface area (Å²) in [7, 11) is 0. The lowest BCUT2D eigenvalue weighted by atomic mass is 9.97. The van der Waals surface area contributed by atoms with Crippen molar-refractivity contribution < 1.29 is 4.39 Å². The topological polar surface area (TPSA) is 54.5 Å². The van der Waals surface area contributed by atoms with Crippen molar-refractivity contribution in [3.8, 4) is 0 Å². The zero-order valence-corrected chi connectivity index (χ0v) is 14.9. The third-order valence-electron chi connectivity index (χ3n) is 4.40. The van der Waals surface area contributed by atoms with E-state index in [4.69, 9.17) is 11.6 Å². The standard InChI is InChI=1S/C20H16ClFN4/c1-12-4-17-15(10-26-20(17)25-7-12)6-14-9-23-11-18(22)16(14)5-13-2-3-19(21)24-8-13/h2-4,7-11H,5-6H2,1H3,(H,25,26). The summed E-state index contributed by atoms with van der Waals surface area (Å²) in [5.74, 6) is -0.313. The second-order valence-electron chi connectivity index (χ2n) is 6.32. The minimum absolute atomic E-state index is 0.313. The fourth-order valence-corrected chi connectivity index (χ4v) is 3.19. The molecule has 4 aromatic heterocycles. The quantitative estimate of drug-likeness (QED) is 0.535. The van der Waals surface area contributed by atoms with Crippen LogP contribution >= 0.6 is 11.6 Å². The van der Waals surface area contributed by atoms with Crippen LogP contribution in [0.4, 0.5) is 4.39 Å². The maximum absolute atomic E-state index is 14.5. The van der Waals surface area contributed by atoms with Gasteiger partial charge >= 0.3 is 0 Å². The van der Waals surface area contributed by atoms with Crippen molar-refractivity contribution in [3.63, 3.8) is 0 Å². The second-order valence-corrected chi connectivity index (χ2v) is 6.71. The van der Waals surface area contributed by atoms with Gasteiger partial charge in [0.15, 0.2) is 0 Å². The Morgan fingerprint density at radius 1 is 1.04 bits per heavy atom. The lowest BCUT2D eigenvalue weighted by molar-refractivity contribution is 0.604. The number of nitrogens with one attached hydrogen (secondary N) is 1. The van der Waals surface area contributed by atoms with Crippen molar-refractivity contribution in [1.82, 2.24) is 19.9 Å². The van der Waals surface area contributed by atoms with Crippen molar-refractivity contribution in [2.75, 3.05) is 0 Å². The predicted molar refractivity (Wildman–Crippen MR) is 99.9 cm³/mol. The number of halogens is 2. The molecule has 0 aliphatic rings. The first-order valence-electron chi connectivity index (χ1n) is 8.24. The summed E-state index contributed by atoms with van der Waals surface area (Å²) in [4.78, 5) is 15.7. The predicted octanol–water partition coefficient (Wildman–Crippen LogP) is 4.64. The zero-order valence-electron chi connectivity index (χ0n) is 14.1. The van der Waals surface area contributed by atoms with Crippen LogP contribution in [0.1, 0.15) is 27.8 Å². The van der Waals surface area contributed by atoms with E-state index in [-0.39, 0.29) is 5.82 Å². The molecule has 0 radical (unpaired) electrons. The van der Waals surface area contributed by atoms with Crippen molar-refractivity contribution in [2.24, 2.45) is 0 Å². The molecule has 0 bridgehead atoms. The molecule has 4 rings (SSSR count). The van der Waals surface area contributed by atoms with Crippen molar-refractivity contribution >= 4 is 22.6 Å². The Morgan fingerprint density at radius 3 is 2.73 bits per heavy atom. The van der Waals surface area contributed by atoms with Gasteiger partial charge in [-0.15, -0.1) is 0 Å². The second kappa shape index (κ2) is 6.84. The van der Waals surface area contributed by atoms with E-state index in [0.29, 0.717) is 23.6 Å². The van der Waals surface area contributed by atoms with Gasteiger partial charge in [0.05, 0.1) is 6.20 Å². The zero-order chi connectivity index (χ0) is 18.1. The number of fused-ring (bicyclic) bond motifs is 1. The third kappa shape index (κ3) is 3.30. The van der Waals surface area contributed by atoms with Gasteiger partial charge in [-0.3, -0.25) is 4.98 Å². The fourth-order valence-electron chi connectivity index (χ4n) is 3.08. The molecule has 0 aliphatic heterocycles. The summed E-state index contributed by atoms with van der Waals surface area (Å²) in [6.45, 7) is 2.01. The molecular formula is C20H16ClFN4. The van der Waals surface area contributed by atoms with E-state index in [0.717, 1.165) is 33.3 Å². The van der Waals surface area contributed by atoms with Gasteiger partial charge in [0, 0.05) is 43.0 Å². The van der Waals surface area contributed by atoms with Crippen LogP contribution in [-0.4, -0.2) is 19.9 Å². The molecule has 4 nitrogen and oxygen atoms in total. The molecule has 0 aliphatic carbocycles. The van der Waals surface area contributed by atoms with Gasteiger partial charge in [-0.1, -0.05) is 17.7 Å². The molecule has 0 atom stereocenters. The van der Waals surface area contributed by atoms with Gasteiger partial charge in [-0.2, -0.15) is 0 Å². The summed E-state index contributed by atoms with van der Waals surface area (Å²) in [5.41, 5.74) is 5.36. The molecule has 0 fully saturated rings. The Kier molecular flexibility index (Phi) is 4.39. The van der Waals surface area contributed by atoms with E-state index >= 15 is 0 Å². The fraction of sp³-hybridized carbons (Fsp3) is 0.150. The molecule has 0 amide bonds. The van der Waals surface area contributed by atoms with E-state index in [1.807, 2.05) is 25.4 Å². The number of aryl methyl sites for hydroxylation is 1. The number of pyridine rings is 3. The van der Waals surface area contributed by atoms with Gasteiger partial charge in [-0.25, -0.2) is 14.4 Å². The molecular weight excluding hydrogens is 351 g/mol. The van der Waals surface area contributed by atoms with E-state index < -0.39 is 0 Å². The minimum atomic E-state index is -0.313. The monoisotopic (exact) mass is 366 g/mol. The van der Waals surface area contributed by atoms with E-state index in [1.165, 1.54) is 6.20 Å². The van der Waals surface area contributed by atoms with Gasteiger partial charge in [0.2, 0.25) is 0 Å². The smallest absolute Gasteiger partial charge is 0.145 e. The Morgan fingerprint density at radius 2 is 1.92 bits per heavy atom. The molecule has 0 saturated heterocycles. The van der Waals surface area contributed by atoms with Crippen LogP contribution in [0.25, 0.3) is 11.0 Å². The van der Waals surface area contributed by atoms with Crippen LogP contribution < -0.4 is 0 Å². The highest BCUT2D eigenvalue weighted by Crippen LogP contribution is 2.24. The van der Waals surface area contributed by atoms with Crippen LogP contribution in [0.5, 0.6) is 0 Å². The summed E-state index contributed by atoms with van der Waals surface area (Å²) >= 11 is 5.84. The minimum Gasteiger partial charge on any atom is -0.346 e. The molecule has 0 saturated carbocycles.